The number of fused-ring (bicyclic) bond motifs is 2. The number of hydrogen-bond donors (Lipinski definition) is 0. The van der Waals surface area contributed by atoms with Crippen LogP contribution < -0.4 is 5.63 Å². The van der Waals surface area contributed by atoms with Crippen molar-refractivity contribution in [3.05, 3.63) is 93.5 Å². The molecule has 1 aromatic carbocycles. The van der Waals surface area contributed by atoms with Crippen LogP contribution in [0.25, 0.3) is 27.1 Å². The number of ketones is 1. The highest BCUT2D eigenvalue weighted by Crippen LogP contribution is 2.27. The van der Waals surface area contributed by atoms with Crippen molar-refractivity contribution < 1.29 is 18.7 Å². The van der Waals surface area contributed by atoms with Gasteiger partial charge in [-0.15, -0.1) is 11.3 Å². The van der Waals surface area contributed by atoms with Crippen LogP contribution in [0.3, 0.4) is 0 Å². The Morgan fingerprint density at radius 1 is 1.09 bits per heavy atom. The van der Waals surface area contributed by atoms with Crippen LogP contribution >= 0.6 is 11.3 Å². The van der Waals surface area contributed by atoms with Gasteiger partial charge in [0.25, 0.3) is 0 Å². The van der Waals surface area contributed by atoms with E-state index in [-0.39, 0.29) is 23.4 Å². The zero-order valence-electron chi connectivity index (χ0n) is 16.9. The first-order valence-corrected chi connectivity index (χ1v) is 10.7. The van der Waals surface area contributed by atoms with Crippen LogP contribution in [-0.2, 0) is 4.74 Å². The molecule has 0 radical (unpaired) electrons. The number of nitrogens with zero attached hydrogens (tertiary/aromatic N) is 2. The number of ether oxygens (including phenoxy) is 1. The first-order chi connectivity index (χ1) is 15.6. The molecule has 7 nitrogen and oxygen atoms in total. The predicted molar refractivity (Wildman–Crippen MR) is 120 cm³/mol. The van der Waals surface area contributed by atoms with Gasteiger partial charge >= 0.3 is 11.6 Å². The molecule has 32 heavy (non-hydrogen) atoms. The Balaban J connectivity index is 1.70. The van der Waals surface area contributed by atoms with E-state index < -0.39 is 17.4 Å². The highest BCUT2D eigenvalue weighted by atomic mass is 32.1. The van der Waals surface area contributed by atoms with Gasteiger partial charge in [-0.3, -0.25) is 9.20 Å². The van der Waals surface area contributed by atoms with Gasteiger partial charge in [0.15, 0.2) is 0 Å². The Labute approximate surface area is 185 Å². The lowest BCUT2D eigenvalue weighted by atomic mass is 10.1. The lowest BCUT2D eigenvalue weighted by Crippen LogP contribution is -2.16. The largest absolute Gasteiger partial charge is 0.462 e. The molecule has 8 heteroatoms. The van der Waals surface area contributed by atoms with Gasteiger partial charge in [-0.05, 0) is 42.6 Å². The van der Waals surface area contributed by atoms with Gasteiger partial charge in [0.05, 0.1) is 34.0 Å². The van der Waals surface area contributed by atoms with Crippen molar-refractivity contribution in [2.75, 3.05) is 6.61 Å². The van der Waals surface area contributed by atoms with Crippen molar-refractivity contribution in [3.8, 4) is 10.6 Å². The van der Waals surface area contributed by atoms with Crippen LogP contribution in [0.2, 0.25) is 0 Å². The highest BCUT2D eigenvalue weighted by Gasteiger charge is 2.24. The maximum Gasteiger partial charge on any atom is 0.347 e. The summed E-state index contributed by atoms with van der Waals surface area (Å²) in [5, 5.41) is 2.56. The third-order valence-corrected chi connectivity index (χ3v) is 5.94. The minimum absolute atomic E-state index is 0.121. The van der Waals surface area contributed by atoms with Crippen molar-refractivity contribution in [3.63, 3.8) is 0 Å². The fourth-order valence-corrected chi connectivity index (χ4v) is 4.26. The minimum atomic E-state index is -0.746. The summed E-state index contributed by atoms with van der Waals surface area (Å²) in [6, 6.07) is 15.4. The van der Waals surface area contributed by atoms with E-state index in [0.29, 0.717) is 22.2 Å². The van der Waals surface area contributed by atoms with Gasteiger partial charge in [0, 0.05) is 5.39 Å². The SMILES string of the molecule is CCOC(=O)c1cc(C(=O)c2cc3ccccc3oc2=O)n2cnc(-c3cccs3)cc12. The third-order valence-electron chi connectivity index (χ3n) is 5.05. The quantitative estimate of drug-likeness (QED) is 0.224. The Hall–Kier alpha value is -4.04. The summed E-state index contributed by atoms with van der Waals surface area (Å²) < 4.78 is 12.0. The maximum atomic E-state index is 13.4. The molecule has 4 heterocycles. The Bertz CT molecular complexity index is 1550. The molecule has 0 atom stereocenters. The molecule has 0 aliphatic heterocycles. The first kappa shape index (κ1) is 19.9. The molecule has 0 saturated heterocycles. The molecule has 5 aromatic rings. The molecule has 0 spiro atoms. The lowest BCUT2D eigenvalue weighted by molar-refractivity contribution is 0.0529. The molecule has 0 N–H and O–H groups in total. The minimum Gasteiger partial charge on any atom is -0.462 e. The summed E-state index contributed by atoms with van der Waals surface area (Å²) in [4.78, 5) is 43.9. The molecule has 0 aliphatic rings. The summed E-state index contributed by atoms with van der Waals surface area (Å²) in [5.74, 6) is -1.13. The van der Waals surface area contributed by atoms with Crippen LogP contribution in [0.1, 0.15) is 33.3 Å². The second-order valence-corrected chi connectivity index (χ2v) is 7.93. The van der Waals surface area contributed by atoms with E-state index in [1.807, 2.05) is 17.5 Å². The number of rotatable bonds is 5. The molecule has 5 rings (SSSR count). The summed E-state index contributed by atoms with van der Waals surface area (Å²) >= 11 is 1.51. The zero-order valence-corrected chi connectivity index (χ0v) is 17.7. The number of carbonyl (C=O) groups excluding carboxylic acids is 2. The van der Waals surface area contributed by atoms with Crippen LogP contribution in [-0.4, -0.2) is 27.7 Å². The van der Waals surface area contributed by atoms with Gasteiger partial charge in [-0.1, -0.05) is 24.3 Å². The van der Waals surface area contributed by atoms with Gasteiger partial charge < -0.3 is 9.15 Å². The number of carbonyl (C=O) groups is 2. The summed E-state index contributed by atoms with van der Waals surface area (Å²) in [6.07, 6.45) is 1.48. The van der Waals surface area contributed by atoms with Crippen LogP contribution in [0, 0.1) is 0 Å². The predicted octanol–water partition coefficient (Wildman–Crippen LogP) is 4.58. The van der Waals surface area contributed by atoms with E-state index in [1.54, 1.807) is 37.3 Å². The molecule has 0 aliphatic carbocycles. The van der Waals surface area contributed by atoms with Gasteiger partial charge in [-0.2, -0.15) is 0 Å². The molecule has 0 bridgehead atoms. The van der Waals surface area contributed by atoms with Crippen LogP contribution in [0.15, 0.2) is 75.5 Å². The van der Waals surface area contributed by atoms with Gasteiger partial charge in [0.2, 0.25) is 5.78 Å². The second-order valence-electron chi connectivity index (χ2n) is 6.98. The molecular formula is C24H16N2O5S. The Morgan fingerprint density at radius 2 is 1.94 bits per heavy atom. The number of hydrogen-bond acceptors (Lipinski definition) is 7. The maximum absolute atomic E-state index is 13.4. The molecule has 0 amide bonds. The molecule has 0 fully saturated rings. The normalized spacial score (nSPS) is 11.2. The van der Waals surface area contributed by atoms with E-state index in [4.69, 9.17) is 9.15 Å². The number of para-hydroxylation sites is 1. The zero-order chi connectivity index (χ0) is 22.2. The van der Waals surface area contributed by atoms with E-state index in [9.17, 15) is 14.4 Å². The standard InChI is InChI=1S/C24H16N2O5S/c1-2-30-23(28)15-11-19(26-13-25-17(12-18(15)26)21-8-5-9-32-21)22(27)16-10-14-6-3-4-7-20(14)31-24(16)29/h3-13H,2H2,1H3. The topological polar surface area (TPSA) is 90.9 Å². The number of aromatic nitrogens is 2. The number of benzene rings is 1. The van der Waals surface area contributed by atoms with Crippen molar-refractivity contribution in [1.82, 2.24) is 9.38 Å². The molecule has 4 aromatic heterocycles. The first-order valence-electron chi connectivity index (χ1n) is 9.86. The highest BCUT2D eigenvalue weighted by molar-refractivity contribution is 7.13. The Morgan fingerprint density at radius 3 is 2.72 bits per heavy atom. The van der Waals surface area contributed by atoms with Gasteiger partial charge in [0.1, 0.15) is 17.5 Å². The van der Waals surface area contributed by atoms with Crippen molar-refractivity contribution in [1.29, 1.82) is 0 Å². The van der Waals surface area contributed by atoms with Gasteiger partial charge in [-0.25, -0.2) is 14.6 Å². The molecule has 158 valence electrons. The summed E-state index contributed by atoms with van der Waals surface area (Å²) in [5.41, 5.74) is 1.00. The molecule has 0 unspecified atom stereocenters. The van der Waals surface area contributed by atoms with Crippen LogP contribution in [0.5, 0.6) is 0 Å². The average Bonchev–Trinajstić information content (AvgIpc) is 3.46. The fourth-order valence-electron chi connectivity index (χ4n) is 3.56. The fraction of sp³-hybridized carbons (Fsp3) is 0.0833. The van der Waals surface area contributed by atoms with E-state index in [2.05, 4.69) is 4.98 Å². The van der Waals surface area contributed by atoms with E-state index in [0.717, 1.165) is 4.88 Å². The average molecular weight is 444 g/mol. The number of esters is 1. The Kier molecular flexibility index (Phi) is 4.91. The summed E-state index contributed by atoms with van der Waals surface area (Å²) in [7, 11) is 0. The van der Waals surface area contributed by atoms with Crippen LogP contribution in [0.4, 0.5) is 0 Å². The number of thiophene rings is 1. The lowest BCUT2D eigenvalue weighted by Gasteiger charge is -2.05. The van der Waals surface area contributed by atoms with Crippen molar-refractivity contribution in [2.24, 2.45) is 0 Å². The van der Waals surface area contributed by atoms with E-state index >= 15 is 0 Å². The summed E-state index contributed by atoms with van der Waals surface area (Å²) in [6.45, 7) is 1.90. The van der Waals surface area contributed by atoms with Crippen molar-refractivity contribution in [2.45, 2.75) is 6.92 Å². The second kappa shape index (κ2) is 7.90. The monoisotopic (exact) mass is 444 g/mol. The van der Waals surface area contributed by atoms with Crippen molar-refractivity contribution >= 4 is 39.6 Å². The third kappa shape index (κ3) is 3.30. The smallest absolute Gasteiger partial charge is 0.347 e. The molecule has 0 saturated carbocycles. The molecular weight excluding hydrogens is 428 g/mol. The van der Waals surface area contributed by atoms with E-state index in [1.165, 1.54) is 34.2 Å².